The number of nitro benzene ring substituents is 1. The first kappa shape index (κ1) is 13.9. The lowest BCUT2D eigenvalue weighted by molar-refractivity contribution is -0.384. The van der Waals surface area contributed by atoms with E-state index in [1.54, 1.807) is 6.07 Å². The molecular weight excluding hydrogens is 234 g/mol. The van der Waals surface area contributed by atoms with Gasteiger partial charge >= 0.3 is 5.97 Å². The van der Waals surface area contributed by atoms with Crippen LogP contribution in [-0.2, 0) is 11.2 Å². The van der Waals surface area contributed by atoms with Crippen LogP contribution in [0.2, 0.25) is 0 Å². The summed E-state index contributed by atoms with van der Waals surface area (Å²) in [6.07, 6.45) is 5.10. The lowest BCUT2D eigenvalue weighted by Crippen LogP contribution is -1.95. The molecule has 0 aliphatic carbocycles. The van der Waals surface area contributed by atoms with E-state index in [4.69, 9.17) is 5.11 Å². The second-order valence-corrected chi connectivity index (χ2v) is 3.92. The van der Waals surface area contributed by atoms with Gasteiger partial charge in [-0.3, -0.25) is 10.1 Å². The van der Waals surface area contributed by atoms with E-state index in [0.29, 0.717) is 6.42 Å². The average molecular weight is 249 g/mol. The molecule has 0 amide bonds. The first-order valence-electron chi connectivity index (χ1n) is 5.73. The number of aliphatic carboxylic acids is 1. The van der Waals surface area contributed by atoms with E-state index in [2.05, 4.69) is 0 Å². The highest BCUT2D eigenvalue weighted by Gasteiger charge is 2.09. The molecule has 0 aliphatic heterocycles. The summed E-state index contributed by atoms with van der Waals surface area (Å²) in [5.74, 6) is -1.03. The Kier molecular flexibility index (Phi) is 5.05. The lowest BCUT2D eigenvalue weighted by atomic mass is 10.0. The summed E-state index contributed by atoms with van der Waals surface area (Å²) in [7, 11) is 0. The molecule has 0 fully saturated rings. The monoisotopic (exact) mass is 249 g/mol. The molecule has 0 saturated carbocycles. The van der Waals surface area contributed by atoms with Crippen molar-refractivity contribution in [1.29, 1.82) is 0 Å². The topological polar surface area (TPSA) is 80.4 Å². The van der Waals surface area contributed by atoms with E-state index in [-0.39, 0.29) is 5.69 Å². The van der Waals surface area contributed by atoms with Crippen LogP contribution in [0, 0.1) is 10.1 Å². The highest BCUT2D eigenvalue weighted by Crippen LogP contribution is 2.21. The molecular formula is C13H15NO4. The molecule has 5 nitrogen and oxygen atoms in total. The molecule has 0 aliphatic rings. The van der Waals surface area contributed by atoms with E-state index in [1.807, 2.05) is 6.92 Å². The maximum Gasteiger partial charge on any atom is 0.328 e. The summed E-state index contributed by atoms with van der Waals surface area (Å²) in [6, 6.07) is 4.48. The Hall–Kier alpha value is -2.17. The molecule has 0 spiro atoms. The minimum Gasteiger partial charge on any atom is -0.478 e. The molecule has 0 radical (unpaired) electrons. The Morgan fingerprint density at radius 1 is 1.50 bits per heavy atom. The lowest BCUT2D eigenvalue weighted by Gasteiger charge is -2.05. The number of carbonyl (C=O) groups is 1. The van der Waals surface area contributed by atoms with Gasteiger partial charge in [0.1, 0.15) is 0 Å². The third kappa shape index (κ3) is 4.01. The molecule has 0 heterocycles. The van der Waals surface area contributed by atoms with Crippen LogP contribution in [0.15, 0.2) is 24.3 Å². The van der Waals surface area contributed by atoms with Crippen LogP contribution in [0.5, 0.6) is 0 Å². The molecule has 0 unspecified atom stereocenters. The minimum absolute atomic E-state index is 0.0357. The van der Waals surface area contributed by atoms with Gasteiger partial charge in [0.05, 0.1) is 4.92 Å². The number of non-ortho nitro benzene ring substituents is 1. The van der Waals surface area contributed by atoms with Crippen molar-refractivity contribution in [2.75, 3.05) is 0 Å². The number of unbranched alkanes of at least 4 members (excludes halogenated alkanes) is 1. The maximum absolute atomic E-state index is 10.7. The molecule has 18 heavy (non-hydrogen) atoms. The fraction of sp³-hybridized carbons (Fsp3) is 0.308. The average Bonchev–Trinajstić information content (AvgIpc) is 2.33. The third-order valence-corrected chi connectivity index (χ3v) is 2.54. The summed E-state index contributed by atoms with van der Waals surface area (Å²) in [5, 5.41) is 19.3. The molecule has 1 rings (SSSR count). The summed E-state index contributed by atoms with van der Waals surface area (Å²) >= 11 is 0. The zero-order valence-corrected chi connectivity index (χ0v) is 10.1. The number of carboxylic acid groups (broad SMARTS) is 1. The summed E-state index contributed by atoms with van der Waals surface area (Å²) in [6.45, 7) is 2.03. The second kappa shape index (κ2) is 6.54. The smallest absolute Gasteiger partial charge is 0.328 e. The van der Waals surface area contributed by atoms with E-state index in [1.165, 1.54) is 18.2 Å². The van der Waals surface area contributed by atoms with Crippen molar-refractivity contribution in [2.24, 2.45) is 0 Å². The summed E-state index contributed by atoms with van der Waals surface area (Å²) < 4.78 is 0. The van der Waals surface area contributed by atoms with Gasteiger partial charge in [0, 0.05) is 18.2 Å². The van der Waals surface area contributed by atoms with E-state index < -0.39 is 10.9 Å². The summed E-state index contributed by atoms with van der Waals surface area (Å²) in [4.78, 5) is 20.7. The zero-order chi connectivity index (χ0) is 13.5. The van der Waals surface area contributed by atoms with Crippen LogP contribution < -0.4 is 0 Å². The standard InChI is InChI=1S/C13H15NO4/c1-2-3-4-11-9-12(14(17)18)7-5-10(11)6-8-13(15)16/h5-9H,2-4H2,1H3,(H,15,16). The Balaban J connectivity index is 3.07. The van der Waals surface area contributed by atoms with E-state index in [0.717, 1.165) is 30.0 Å². The number of hydrogen-bond donors (Lipinski definition) is 1. The predicted molar refractivity (Wildman–Crippen MR) is 68.4 cm³/mol. The number of nitrogens with zero attached hydrogens (tertiary/aromatic N) is 1. The quantitative estimate of drug-likeness (QED) is 0.477. The highest BCUT2D eigenvalue weighted by atomic mass is 16.6. The van der Waals surface area contributed by atoms with Gasteiger partial charge < -0.3 is 5.11 Å². The second-order valence-electron chi connectivity index (χ2n) is 3.92. The Labute approximate surface area is 105 Å². The van der Waals surface area contributed by atoms with Crippen LogP contribution in [0.1, 0.15) is 30.9 Å². The van der Waals surface area contributed by atoms with Crippen molar-refractivity contribution in [3.05, 3.63) is 45.5 Å². The van der Waals surface area contributed by atoms with Crippen molar-refractivity contribution in [2.45, 2.75) is 26.2 Å². The predicted octanol–water partition coefficient (Wildman–Crippen LogP) is 3.04. The number of nitro groups is 1. The van der Waals surface area contributed by atoms with Gasteiger partial charge in [0.25, 0.3) is 5.69 Å². The Morgan fingerprint density at radius 3 is 2.78 bits per heavy atom. The Bertz CT molecular complexity index is 480. The largest absolute Gasteiger partial charge is 0.478 e. The number of carboxylic acids is 1. The fourth-order valence-electron chi connectivity index (χ4n) is 1.61. The van der Waals surface area contributed by atoms with Gasteiger partial charge in [-0.2, -0.15) is 0 Å². The zero-order valence-electron chi connectivity index (χ0n) is 10.1. The van der Waals surface area contributed by atoms with Gasteiger partial charge in [0.2, 0.25) is 0 Å². The van der Waals surface area contributed by atoms with Gasteiger partial charge in [0.15, 0.2) is 0 Å². The molecule has 0 atom stereocenters. The van der Waals surface area contributed by atoms with Gasteiger partial charge in [-0.05, 0) is 36.1 Å². The van der Waals surface area contributed by atoms with E-state index in [9.17, 15) is 14.9 Å². The molecule has 96 valence electrons. The van der Waals surface area contributed by atoms with Crippen molar-refractivity contribution in [1.82, 2.24) is 0 Å². The van der Waals surface area contributed by atoms with Crippen LogP contribution in [0.4, 0.5) is 5.69 Å². The molecule has 1 N–H and O–H groups in total. The molecule has 5 heteroatoms. The minimum atomic E-state index is -1.03. The molecule has 1 aromatic rings. The fourth-order valence-corrected chi connectivity index (χ4v) is 1.61. The SMILES string of the molecule is CCCCc1cc([N+](=O)[O-])ccc1C=CC(=O)O. The highest BCUT2D eigenvalue weighted by molar-refractivity contribution is 5.85. The number of aryl methyl sites for hydroxylation is 1. The van der Waals surface area contributed by atoms with E-state index >= 15 is 0 Å². The van der Waals surface area contributed by atoms with Crippen molar-refractivity contribution < 1.29 is 14.8 Å². The van der Waals surface area contributed by atoms with Crippen LogP contribution in [-0.4, -0.2) is 16.0 Å². The van der Waals surface area contributed by atoms with Gasteiger partial charge in [-0.1, -0.05) is 13.3 Å². The first-order chi connectivity index (χ1) is 8.54. The number of rotatable bonds is 6. The Morgan fingerprint density at radius 2 is 2.22 bits per heavy atom. The van der Waals surface area contributed by atoms with Crippen molar-refractivity contribution in [3.63, 3.8) is 0 Å². The van der Waals surface area contributed by atoms with Gasteiger partial charge in [-0.15, -0.1) is 0 Å². The normalized spacial score (nSPS) is 10.7. The third-order valence-electron chi connectivity index (χ3n) is 2.54. The van der Waals surface area contributed by atoms with Crippen LogP contribution >= 0.6 is 0 Å². The van der Waals surface area contributed by atoms with Crippen molar-refractivity contribution in [3.8, 4) is 0 Å². The van der Waals surface area contributed by atoms with Crippen molar-refractivity contribution >= 4 is 17.7 Å². The molecule has 0 bridgehead atoms. The number of hydrogen-bond acceptors (Lipinski definition) is 3. The first-order valence-corrected chi connectivity index (χ1v) is 5.73. The molecule has 1 aromatic carbocycles. The maximum atomic E-state index is 10.7. The van der Waals surface area contributed by atoms with Crippen LogP contribution in [0.25, 0.3) is 6.08 Å². The number of benzene rings is 1. The van der Waals surface area contributed by atoms with Crippen LogP contribution in [0.3, 0.4) is 0 Å². The summed E-state index contributed by atoms with van der Waals surface area (Å²) in [5.41, 5.74) is 1.56. The molecule has 0 aromatic heterocycles. The molecule has 0 saturated heterocycles. The van der Waals surface area contributed by atoms with Gasteiger partial charge in [-0.25, -0.2) is 4.79 Å².